The van der Waals surface area contributed by atoms with Crippen molar-refractivity contribution in [3.63, 3.8) is 0 Å². The third-order valence-corrected chi connectivity index (χ3v) is 18.5. The van der Waals surface area contributed by atoms with Crippen LogP contribution < -0.4 is 31.9 Å². The van der Waals surface area contributed by atoms with Gasteiger partial charge in [0.25, 0.3) is 11.8 Å². The molecule has 27 nitrogen and oxygen atoms in total. The quantitative estimate of drug-likeness (QED) is 0.0466. The van der Waals surface area contributed by atoms with Gasteiger partial charge in [0.15, 0.2) is 0 Å². The SMILES string of the molecule is CC[C@H](C)[C@@H]([C@@H](CC(=O)N1CCC[C@@H]1[C@H](OC)[C@@H](C)C(=O)N[C@H](C)[C@@H](O)c1ccccc1)OC)N(C)C(=O)[C@@H](NC(=O)[C@H](C(C)C)N(C)C(=O)CNC(=O)[C@H](Cc1ccccc1)NC(=O)CNC(=O)CNC(=O)CCN1CCN(C(=O)CCCN2C(=O)C=CC2=O)CC1)C(C)C. The number of nitrogens with one attached hydrogen (secondary N) is 6. The summed E-state index contributed by atoms with van der Waals surface area (Å²) in [5.74, 6) is -7.51. The van der Waals surface area contributed by atoms with E-state index in [1.54, 1.807) is 101 Å². The molecule has 530 valence electrons. The number of aliphatic hydroxyl groups is 1. The number of hydrogen-bond donors (Lipinski definition) is 7. The fourth-order valence-corrected chi connectivity index (χ4v) is 12.6. The average Bonchev–Trinajstić information content (AvgIpc) is 0.876. The minimum absolute atomic E-state index is 0.00830. The van der Waals surface area contributed by atoms with Crippen LogP contribution >= 0.6 is 0 Å². The van der Waals surface area contributed by atoms with Crippen LogP contribution in [0.15, 0.2) is 72.8 Å². The zero-order valence-electron chi connectivity index (χ0n) is 58.0. The molecule has 0 saturated carbocycles. The average molecular weight is 1340 g/mol. The first-order valence-electron chi connectivity index (χ1n) is 33.5. The third kappa shape index (κ3) is 22.7. The Morgan fingerprint density at radius 1 is 0.646 bits per heavy atom. The van der Waals surface area contributed by atoms with Crippen LogP contribution in [0, 0.1) is 23.7 Å². The van der Waals surface area contributed by atoms with Gasteiger partial charge in [-0.1, -0.05) is 116 Å². The fraction of sp³-hybridized carbons (Fsp3) is 0.623. The van der Waals surface area contributed by atoms with Crippen LogP contribution in [0.2, 0.25) is 0 Å². The topological polar surface area (TPSA) is 335 Å². The molecule has 12 amide bonds. The first-order valence-corrected chi connectivity index (χ1v) is 33.5. The molecule has 3 aliphatic heterocycles. The molecule has 2 aromatic rings. The Morgan fingerprint density at radius 3 is 1.85 bits per heavy atom. The Kier molecular flexibility index (Phi) is 31.6. The number of hydrogen-bond acceptors (Lipinski definition) is 16. The predicted octanol–water partition coefficient (Wildman–Crippen LogP) is 1.08. The number of likely N-dealkylation sites (tertiary alicyclic amines) is 1. The molecule has 11 atom stereocenters. The lowest BCUT2D eigenvalue weighted by molar-refractivity contribution is -0.148. The van der Waals surface area contributed by atoms with Gasteiger partial charge in [0.1, 0.15) is 18.1 Å². The van der Waals surface area contributed by atoms with Crippen molar-refractivity contribution in [1.82, 2.24) is 61.3 Å². The van der Waals surface area contributed by atoms with E-state index in [9.17, 15) is 62.6 Å². The Bertz CT molecular complexity index is 2980. The second-order valence-corrected chi connectivity index (χ2v) is 26.0. The maximum absolute atomic E-state index is 14.8. The van der Waals surface area contributed by atoms with E-state index < -0.39 is 133 Å². The number of piperazine rings is 1. The van der Waals surface area contributed by atoms with E-state index in [2.05, 4.69) is 31.9 Å². The largest absolute Gasteiger partial charge is 0.386 e. The van der Waals surface area contributed by atoms with Crippen LogP contribution in [-0.4, -0.2) is 248 Å². The number of amides is 12. The summed E-state index contributed by atoms with van der Waals surface area (Å²) >= 11 is 0. The van der Waals surface area contributed by atoms with Gasteiger partial charge in [-0.2, -0.15) is 0 Å². The zero-order chi connectivity index (χ0) is 70.9. The molecule has 0 radical (unpaired) electrons. The summed E-state index contributed by atoms with van der Waals surface area (Å²) in [6, 6.07) is 12.7. The number of carbonyl (C=O) groups excluding carboxylic acids is 12. The smallest absolute Gasteiger partial charge is 0.253 e. The monoisotopic (exact) mass is 1340 g/mol. The second kappa shape index (κ2) is 38.6. The molecule has 0 bridgehead atoms. The molecule has 27 heteroatoms. The maximum atomic E-state index is 14.8. The van der Waals surface area contributed by atoms with E-state index in [1.807, 2.05) is 36.9 Å². The highest BCUT2D eigenvalue weighted by atomic mass is 16.5. The summed E-state index contributed by atoms with van der Waals surface area (Å²) in [7, 11) is 6.04. The van der Waals surface area contributed by atoms with Crippen molar-refractivity contribution in [2.45, 2.75) is 161 Å². The molecule has 5 rings (SSSR count). The highest BCUT2D eigenvalue weighted by Gasteiger charge is 2.44. The summed E-state index contributed by atoms with van der Waals surface area (Å²) in [5, 5.41) is 27.0. The zero-order valence-corrected chi connectivity index (χ0v) is 58.0. The Labute approximate surface area is 564 Å². The third-order valence-electron chi connectivity index (χ3n) is 18.5. The summed E-state index contributed by atoms with van der Waals surface area (Å²) in [5.41, 5.74) is 1.34. The van der Waals surface area contributed by atoms with Crippen LogP contribution in [0.1, 0.15) is 118 Å². The normalized spacial score (nSPS) is 18.1. The molecule has 2 saturated heterocycles. The van der Waals surface area contributed by atoms with Crippen molar-refractivity contribution in [1.29, 1.82) is 0 Å². The fourth-order valence-electron chi connectivity index (χ4n) is 12.6. The van der Waals surface area contributed by atoms with E-state index in [0.29, 0.717) is 76.1 Å². The lowest BCUT2D eigenvalue weighted by Crippen LogP contribution is -2.61. The van der Waals surface area contributed by atoms with E-state index in [-0.39, 0.29) is 67.7 Å². The van der Waals surface area contributed by atoms with Gasteiger partial charge < -0.3 is 66.1 Å². The maximum Gasteiger partial charge on any atom is 0.253 e. The summed E-state index contributed by atoms with van der Waals surface area (Å²) in [6.07, 6.45) is 2.37. The summed E-state index contributed by atoms with van der Waals surface area (Å²) in [4.78, 5) is 170. The standard InChI is InChI=1S/C69H104N12O15/c1-13-45(6)63(52(95-11)39-59(88)80-31-20-26-51(80)65(96-12)46(7)66(91)73-47(8)64(90)49-24-18-15-19-25-49)77(10)69(94)61(43(2)3)75-68(93)62(44(4)5)76(9)60(89)42-72-67(92)50(38-48-22-16-14-17-23-48)74-55(84)41-71-54(83)40-70-53(82)30-33-78-34-36-79(37-35-78)56(85)27-21-32-81-57(86)28-29-58(81)87/h14-19,22-25,28-29,43-47,50-52,61-65,90H,13,20-21,26-27,30-42H2,1-12H3,(H,70,82)(H,71,83)(H,72,92)(H,73,91)(H,74,84)(H,75,93)/t45-,46+,47+,50-,51+,52+,61-,62-,63-,64+,65+/m0/s1. The number of ether oxygens (including phenoxy) is 2. The van der Waals surface area contributed by atoms with Crippen molar-refractivity contribution in [2.75, 3.05) is 93.8 Å². The lowest BCUT2D eigenvalue weighted by atomic mass is 9.89. The van der Waals surface area contributed by atoms with Crippen molar-refractivity contribution in [2.24, 2.45) is 23.7 Å². The van der Waals surface area contributed by atoms with Gasteiger partial charge in [-0.25, -0.2) is 0 Å². The molecule has 0 aromatic heterocycles. The molecule has 0 aliphatic carbocycles. The first-order chi connectivity index (χ1) is 45.6. The first kappa shape index (κ1) is 78.6. The number of carbonyl (C=O) groups is 12. The summed E-state index contributed by atoms with van der Waals surface area (Å²) < 4.78 is 12.1. The highest BCUT2D eigenvalue weighted by molar-refractivity contribution is 6.12. The molecular formula is C69H104N12O15. The van der Waals surface area contributed by atoms with Crippen LogP contribution in [0.3, 0.4) is 0 Å². The van der Waals surface area contributed by atoms with Crippen LogP contribution in [-0.2, 0) is 73.4 Å². The van der Waals surface area contributed by atoms with Crippen LogP contribution in [0.5, 0.6) is 0 Å². The molecule has 2 fully saturated rings. The van der Waals surface area contributed by atoms with Gasteiger partial charge in [-0.3, -0.25) is 67.3 Å². The van der Waals surface area contributed by atoms with Gasteiger partial charge in [0.2, 0.25) is 59.1 Å². The number of nitrogens with zero attached hydrogens (tertiary/aromatic N) is 6. The van der Waals surface area contributed by atoms with Crippen LogP contribution in [0.4, 0.5) is 0 Å². The highest BCUT2D eigenvalue weighted by Crippen LogP contribution is 2.30. The second-order valence-electron chi connectivity index (χ2n) is 26.0. The van der Waals surface area contributed by atoms with Gasteiger partial charge >= 0.3 is 0 Å². The van der Waals surface area contributed by atoms with Crippen LogP contribution in [0.25, 0.3) is 0 Å². The molecule has 96 heavy (non-hydrogen) atoms. The van der Waals surface area contributed by atoms with Gasteiger partial charge in [0, 0.05) is 106 Å². The Hall–Kier alpha value is -8.14. The number of rotatable bonds is 37. The Balaban J connectivity index is 1.12. The van der Waals surface area contributed by atoms with Crippen molar-refractivity contribution < 1.29 is 72.1 Å². The number of benzene rings is 2. The molecule has 3 heterocycles. The van der Waals surface area contributed by atoms with Gasteiger partial charge in [0.05, 0.1) is 68.4 Å². The van der Waals surface area contributed by atoms with Crippen molar-refractivity contribution >= 4 is 70.9 Å². The minimum atomic E-state index is -1.22. The number of aliphatic hydroxyl groups excluding tert-OH is 1. The molecule has 3 aliphatic rings. The van der Waals surface area contributed by atoms with Crippen molar-refractivity contribution in [3.8, 4) is 0 Å². The minimum Gasteiger partial charge on any atom is -0.386 e. The molecule has 0 unspecified atom stereocenters. The number of methoxy groups -OCH3 is 2. The number of imide groups is 1. The van der Waals surface area contributed by atoms with Gasteiger partial charge in [-0.15, -0.1) is 0 Å². The molecule has 7 N–H and O–H groups in total. The molecule has 2 aromatic carbocycles. The van der Waals surface area contributed by atoms with E-state index in [1.165, 1.54) is 43.2 Å². The van der Waals surface area contributed by atoms with E-state index in [0.717, 1.165) is 4.90 Å². The number of likely N-dealkylation sites (N-methyl/N-ethyl adjacent to an activating group) is 2. The summed E-state index contributed by atoms with van der Waals surface area (Å²) in [6.45, 7) is 15.8. The van der Waals surface area contributed by atoms with Gasteiger partial charge in [-0.05, 0) is 55.1 Å². The lowest BCUT2D eigenvalue weighted by Gasteiger charge is -2.41. The molecule has 0 spiro atoms. The van der Waals surface area contributed by atoms with E-state index >= 15 is 0 Å². The molecular weight excluding hydrogens is 1240 g/mol. The Morgan fingerprint density at radius 2 is 1.26 bits per heavy atom. The predicted molar refractivity (Wildman–Crippen MR) is 357 cm³/mol. The van der Waals surface area contributed by atoms with Crippen molar-refractivity contribution in [3.05, 3.63) is 83.9 Å². The van der Waals surface area contributed by atoms with E-state index in [4.69, 9.17) is 9.47 Å².